The van der Waals surface area contributed by atoms with Crippen molar-refractivity contribution in [3.63, 3.8) is 0 Å². The van der Waals surface area contributed by atoms with E-state index in [9.17, 15) is 4.79 Å². The van der Waals surface area contributed by atoms with Crippen molar-refractivity contribution in [1.29, 1.82) is 0 Å². The average molecular weight is 284 g/mol. The number of carbonyl (C=O) groups excluding carboxylic acids is 1. The van der Waals surface area contributed by atoms with Crippen molar-refractivity contribution in [3.05, 3.63) is 5.01 Å². The third-order valence-electron chi connectivity index (χ3n) is 2.94. The molecule has 0 bridgehead atoms. The second-order valence-corrected chi connectivity index (χ2v) is 6.21. The van der Waals surface area contributed by atoms with Crippen molar-refractivity contribution in [1.82, 2.24) is 10.2 Å². The van der Waals surface area contributed by atoms with E-state index >= 15 is 0 Å². The van der Waals surface area contributed by atoms with Crippen molar-refractivity contribution >= 4 is 22.4 Å². The predicted molar refractivity (Wildman–Crippen MR) is 74.0 cm³/mol. The Morgan fingerprint density at radius 1 is 1.53 bits per heavy atom. The van der Waals surface area contributed by atoms with Gasteiger partial charge in [0.05, 0.1) is 6.10 Å². The Balaban J connectivity index is 1.87. The highest BCUT2D eigenvalue weighted by molar-refractivity contribution is 7.15. The number of rotatable bonds is 5. The summed E-state index contributed by atoms with van der Waals surface area (Å²) in [6.45, 7) is 4.71. The van der Waals surface area contributed by atoms with E-state index in [1.54, 1.807) is 0 Å². The van der Waals surface area contributed by atoms with Crippen LogP contribution in [0.2, 0.25) is 0 Å². The fourth-order valence-electron chi connectivity index (χ4n) is 1.99. The average Bonchev–Trinajstić information content (AvgIpc) is 2.97. The van der Waals surface area contributed by atoms with E-state index in [2.05, 4.69) is 29.4 Å². The Bertz CT molecular complexity index is 435. The van der Waals surface area contributed by atoms with Gasteiger partial charge in [-0.15, -0.1) is 10.2 Å². The molecule has 2 heterocycles. The molecule has 2 rings (SSSR count). The Labute approximate surface area is 116 Å². The van der Waals surface area contributed by atoms with Gasteiger partial charge in [0, 0.05) is 13.0 Å². The van der Waals surface area contributed by atoms with E-state index in [4.69, 9.17) is 10.5 Å². The van der Waals surface area contributed by atoms with Gasteiger partial charge in [0.15, 0.2) is 0 Å². The minimum absolute atomic E-state index is 0.00155. The molecule has 1 aliphatic heterocycles. The van der Waals surface area contributed by atoms with Crippen LogP contribution in [0.1, 0.15) is 31.7 Å². The van der Waals surface area contributed by atoms with Gasteiger partial charge >= 0.3 is 0 Å². The molecule has 6 nitrogen and oxygen atoms in total. The van der Waals surface area contributed by atoms with E-state index in [0.29, 0.717) is 24.0 Å². The summed E-state index contributed by atoms with van der Waals surface area (Å²) >= 11 is 1.42. The molecule has 1 fully saturated rings. The molecule has 3 N–H and O–H groups in total. The summed E-state index contributed by atoms with van der Waals surface area (Å²) in [6.07, 6.45) is 2.02. The molecule has 1 saturated heterocycles. The van der Waals surface area contributed by atoms with Gasteiger partial charge in [-0.2, -0.15) is 0 Å². The first-order valence-electron chi connectivity index (χ1n) is 6.57. The normalized spacial score (nSPS) is 22.9. The molecular weight excluding hydrogens is 264 g/mol. The predicted octanol–water partition coefficient (Wildman–Crippen LogP) is 1.18. The summed E-state index contributed by atoms with van der Waals surface area (Å²) in [5.41, 5.74) is 5.52. The highest BCUT2D eigenvalue weighted by Gasteiger charge is 2.30. The van der Waals surface area contributed by atoms with Crippen LogP contribution >= 0.6 is 11.3 Å². The van der Waals surface area contributed by atoms with Crippen LogP contribution in [0.3, 0.4) is 0 Å². The van der Waals surface area contributed by atoms with Crippen LogP contribution in [-0.2, 0) is 16.0 Å². The fourth-order valence-corrected chi connectivity index (χ4v) is 2.95. The van der Waals surface area contributed by atoms with Crippen LogP contribution in [0, 0.1) is 5.92 Å². The lowest BCUT2D eigenvalue weighted by atomic mass is 10.1. The lowest BCUT2D eigenvalue weighted by Crippen LogP contribution is -2.29. The van der Waals surface area contributed by atoms with Crippen molar-refractivity contribution in [2.24, 2.45) is 11.7 Å². The summed E-state index contributed by atoms with van der Waals surface area (Å²) in [4.78, 5) is 12.0. The van der Waals surface area contributed by atoms with Crippen LogP contribution in [0.15, 0.2) is 0 Å². The number of hydrogen-bond donors (Lipinski definition) is 2. The summed E-state index contributed by atoms with van der Waals surface area (Å²) < 4.78 is 5.54. The van der Waals surface area contributed by atoms with Gasteiger partial charge in [0.1, 0.15) is 11.1 Å². The molecule has 0 aliphatic carbocycles. The van der Waals surface area contributed by atoms with Crippen LogP contribution in [0.25, 0.3) is 0 Å². The number of aromatic nitrogens is 2. The first-order chi connectivity index (χ1) is 9.08. The van der Waals surface area contributed by atoms with Gasteiger partial charge in [-0.25, -0.2) is 0 Å². The topological polar surface area (TPSA) is 90.1 Å². The van der Waals surface area contributed by atoms with Crippen molar-refractivity contribution < 1.29 is 9.53 Å². The number of carbonyl (C=O) groups is 1. The van der Waals surface area contributed by atoms with Gasteiger partial charge in [-0.1, -0.05) is 25.2 Å². The van der Waals surface area contributed by atoms with Gasteiger partial charge in [-0.3, -0.25) is 10.1 Å². The quantitative estimate of drug-likeness (QED) is 0.847. The van der Waals surface area contributed by atoms with Crippen LogP contribution < -0.4 is 11.1 Å². The number of hydrogen-bond acceptors (Lipinski definition) is 6. The molecule has 7 heteroatoms. The minimum Gasteiger partial charge on any atom is -0.364 e. The van der Waals surface area contributed by atoms with Gasteiger partial charge in [0.2, 0.25) is 5.13 Å². The van der Waals surface area contributed by atoms with E-state index in [-0.39, 0.29) is 12.0 Å². The van der Waals surface area contributed by atoms with Crippen LogP contribution in [0.4, 0.5) is 5.13 Å². The molecular formula is C12H20N4O2S. The maximum Gasteiger partial charge on any atom is 0.255 e. The number of nitrogens with one attached hydrogen (secondary N) is 1. The lowest BCUT2D eigenvalue weighted by Gasteiger charge is -2.10. The zero-order valence-corrected chi connectivity index (χ0v) is 12.1. The number of amides is 1. The van der Waals surface area contributed by atoms with Gasteiger partial charge in [-0.05, 0) is 18.8 Å². The first kappa shape index (κ1) is 14.4. The molecule has 106 valence electrons. The Morgan fingerprint density at radius 3 is 2.95 bits per heavy atom. The molecule has 0 aromatic carbocycles. The maximum atomic E-state index is 12.0. The minimum atomic E-state index is -0.411. The zero-order chi connectivity index (χ0) is 13.8. The van der Waals surface area contributed by atoms with E-state index in [1.807, 2.05) is 0 Å². The van der Waals surface area contributed by atoms with E-state index in [0.717, 1.165) is 17.8 Å². The first-order valence-corrected chi connectivity index (χ1v) is 7.39. The zero-order valence-electron chi connectivity index (χ0n) is 11.3. The molecule has 0 spiro atoms. The third kappa shape index (κ3) is 3.95. The smallest absolute Gasteiger partial charge is 0.255 e. The number of ether oxygens (including phenoxy) is 1. The molecule has 0 radical (unpaired) electrons. The fraction of sp³-hybridized carbons (Fsp3) is 0.750. The van der Waals surface area contributed by atoms with E-state index in [1.165, 1.54) is 11.3 Å². The van der Waals surface area contributed by atoms with Crippen molar-refractivity contribution in [2.45, 2.75) is 45.3 Å². The second-order valence-electron chi connectivity index (χ2n) is 5.15. The van der Waals surface area contributed by atoms with Gasteiger partial charge < -0.3 is 10.5 Å². The highest BCUT2D eigenvalue weighted by Crippen LogP contribution is 2.22. The van der Waals surface area contributed by atoms with Crippen molar-refractivity contribution in [3.8, 4) is 0 Å². The second kappa shape index (κ2) is 6.40. The Hall–Kier alpha value is -1.05. The molecule has 2 unspecified atom stereocenters. The highest BCUT2D eigenvalue weighted by atomic mass is 32.1. The summed E-state index contributed by atoms with van der Waals surface area (Å²) in [5.74, 6) is 0.378. The lowest BCUT2D eigenvalue weighted by molar-refractivity contribution is -0.126. The number of nitrogens with zero attached hydrogens (tertiary/aromatic N) is 2. The summed E-state index contributed by atoms with van der Waals surface area (Å²) in [7, 11) is 0. The Morgan fingerprint density at radius 2 is 2.32 bits per heavy atom. The Kier molecular flexibility index (Phi) is 4.84. The monoisotopic (exact) mass is 284 g/mol. The largest absolute Gasteiger partial charge is 0.364 e. The van der Waals surface area contributed by atoms with Crippen LogP contribution in [0.5, 0.6) is 0 Å². The molecule has 1 aliphatic rings. The standard InChI is InChI=1S/C12H20N4O2S/c1-7(2)5-10-15-16-12(19-10)14-11(17)9-4-3-8(6-13)18-9/h7-9H,3-6,13H2,1-2H3,(H,14,16,17). The summed E-state index contributed by atoms with van der Waals surface area (Å²) in [5, 5.41) is 12.3. The molecule has 1 amide bonds. The maximum absolute atomic E-state index is 12.0. The molecule has 2 atom stereocenters. The number of nitrogens with two attached hydrogens (primary N) is 1. The molecule has 0 saturated carbocycles. The molecule has 1 aromatic rings. The number of anilines is 1. The third-order valence-corrected chi connectivity index (χ3v) is 3.80. The molecule has 1 aromatic heterocycles. The van der Waals surface area contributed by atoms with E-state index < -0.39 is 6.10 Å². The summed E-state index contributed by atoms with van der Waals surface area (Å²) in [6, 6.07) is 0. The van der Waals surface area contributed by atoms with Crippen LogP contribution in [-0.4, -0.2) is 34.9 Å². The van der Waals surface area contributed by atoms with Crippen molar-refractivity contribution in [2.75, 3.05) is 11.9 Å². The molecule has 19 heavy (non-hydrogen) atoms. The SMILES string of the molecule is CC(C)Cc1nnc(NC(=O)C2CCC(CN)O2)s1. The van der Waals surface area contributed by atoms with Gasteiger partial charge in [0.25, 0.3) is 5.91 Å².